The summed E-state index contributed by atoms with van der Waals surface area (Å²) in [7, 11) is 0. The number of ether oxygens (including phenoxy) is 1. The van der Waals surface area contributed by atoms with Crippen LogP contribution >= 0.6 is 0 Å². The minimum atomic E-state index is -0.123. The van der Waals surface area contributed by atoms with E-state index in [1.165, 1.54) is 0 Å². The van der Waals surface area contributed by atoms with Crippen molar-refractivity contribution in [2.45, 2.75) is 45.4 Å². The molecule has 3 aromatic heterocycles. The summed E-state index contributed by atoms with van der Waals surface area (Å²) in [6, 6.07) is 9.32. The standard InChI is InChI=1S/C22H23N5O2/c1-22(2)13-27-20(28)12-16(14-5-8-23-9-6-14)25-21(27)26-19(22)11-15-10-17-18(29-15)4-3-7-24-17/h3-9,12,15,19H,10-11,13H2,1-2H3,(H,25,26). The maximum Gasteiger partial charge on any atom is 0.255 e. The maximum atomic E-state index is 12.8. The molecule has 2 aliphatic rings. The number of hydrogen-bond acceptors (Lipinski definition) is 6. The van der Waals surface area contributed by atoms with E-state index in [9.17, 15) is 4.79 Å². The van der Waals surface area contributed by atoms with E-state index in [-0.39, 0.29) is 23.1 Å². The number of nitrogens with zero attached hydrogens (tertiary/aromatic N) is 4. The van der Waals surface area contributed by atoms with Crippen LogP contribution in [0.5, 0.6) is 5.75 Å². The first-order valence-corrected chi connectivity index (χ1v) is 9.89. The molecule has 0 aliphatic carbocycles. The van der Waals surface area contributed by atoms with Gasteiger partial charge in [-0.25, -0.2) is 4.98 Å². The summed E-state index contributed by atoms with van der Waals surface area (Å²) in [4.78, 5) is 26.0. The lowest BCUT2D eigenvalue weighted by molar-refractivity contribution is 0.154. The fraction of sp³-hybridized carbons (Fsp3) is 0.364. The molecule has 5 heterocycles. The van der Waals surface area contributed by atoms with Gasteiger partial charge in [-0.3, -0.25) is 19.3 Å². The monoisotopic (exact) mass is 389 g/mol. The Morgan fingerprint density at radius 2 is 2.07 bits per heavy atom. The molecule has 7 heteroatoms. The van der Waals surface area contributed by atoms with E-state index in [1.54, 1.807) is 29.2 Å². The molecule has 0 bridgehead atoms. The molecule has 0 fully saturated rings. The van der Waals surface area contributed by atoms with Gasteiger partial charge in [0.2, 0.25) is 5.95 Å². The highest BCUT2D eigenvalue weighted by atomic mass is 16.5. The molecular formula is C22H23N5O2. The number of anilines is 1. The van der Waals surface area contributed by atoms with E-state index in [0.29, 0.717) is 18.2 Å². The van der Waals surface area contributed by atoms with Crippen LogP contribution in [0.4, 0.5) is 5.95 Å². The Labute approximate surface area is 168 Å². The van der Waals surface area contributed by atoms with Crippen molar-refractivity contribution in [2.24, 2.45) is 5.41 Å². The van der Waals surface area contributed by atoms with Crippen molar-refractivity contribution in [1.29, 1.82) is 0 Å². The van der Waals surface area contributed by atoms with Crippen LogP contribution in [0.15, 0.2) is 53.7 Å². The van der Waals surface area contributed by atoms with Crippen LogP contribution in [-0.2, 0) is 13.0 Å². The van der Waals surface area contributed by atoms with Crippen molar-refractivity contribution in [3.63, 3.8) is 0 Å². The molecule has 7 nitrogen and oxygen atoms in total. The SMILES string of the molecule is CC1(C)Cn2c(nc(-c3ccncc3)cc2=O)NC1CC1Cc2ncccc2O1. The lowest BCUT2D eigenvalue weighted by Gasteiger charge is -2.41. The number of pyridine rings is 2. The largest absolute Gasteiger partial charge is 0.488 e. The quantitative estimate of drug-likeness (QED) is 0.742. The van der Waals surface area contributed by atoms with Gasteiger partial charge in [0.25, 0.3) is 5.56 Å². The van der Waals surface area contributed by atoms with Crippen LogP contribution in [0.2, 0.25) is 0 Å². The number of fused-ring (bicyclic) bond motifs is 2. The Morgan fingerprint density at radius 3 is 2.86 bits per heavy atom. The second-order valence-electron chi connectivity index (χ2n) is 8.44. The van der Waals surface area contributed by atoms with Crippen molar-refractivity contribution in [1.82, 2.24) is 19.5 Å². The van der Waals surface area contributed by atoms with Gasteiger partial charge in [-0.05, 0) is 24.3 Å². The predicted molar refractivity (Wildman–Crippen MR) is 110 cm³/mol. The lowest BCUT2D eigenvalue weighted by Crippen LogP contribution is -2.49. The molecule has 0 spiro atoms. The average molecular weight is 389 g/mol. The van der Waals surface area contributed by atoms with Crippen molar-refractivity contribution >= 4 is 5.95 Å². The summed E-state index contributed by atoms with van der Waals surface area (Å²) in [6.07, 6.45) is 6.91. The average Bonchev–Trinajstić information content (AvgIpc) is 3.12. The van der Waals surface area contributed by atoms with Crippen molar-refractivity contribution in [3.05, 3.63) is 65.0 Å². The van der Waals surface area contributed by atoms with Crippen LogP contribution in [0, 0.1) is 5.41 Å². The highest BCUT2D eigenvalue weighted by Gasteiger charge is 2.39. The molecule has 2 unspecified atom stereocenters. The fourth-order valence-electron chi connectivity index (χ4n) is 4.20. The minimum absolute atomic E-state index is 0.0467. The molecule has 148 valence electrons. The van der Waals surface area contributed by atoms with Gasteiger partial charge >= 0.3 is 0 Å². The zero-order valence-electron chi connectivity index (χ0n) is 16.5. The van der Waals surface area contributed by atoms with Crippen molar-refractivity contribution in [2.75, 3.05) is 5.32 Å². The van der Waals surface area contributed by atoms with Crippen LogP contribution < -0.4 is 15.6 Å². The van der Waals surface area contributed by atoms with Gasteiger partial charge in [0, 0.05) is 61.1 Å². The van der Waals surface area contributed by atoms with Crippen LogP contribution in [0.25, 0.3) is 11.3 Å². The molecule has 3 aromatic rings. The van der Waals surface area contributed by atoms with E-state index in [4.69, 9.17) is 9.72 Å². The molecular weight excluding hydrogens is 366 g/mol. The molecule has 0 saturated heterocycles. The van der Waals surface area contributed by atoms with Gasteiger partial charge in [0.05, 0.1) is 11.4 Å². The molecule has 0 saturated carbocycles. The Balaban J connectivity index is 1.43. The zero-order valence-corrected chi connectivity index (χ0v) is 16.5. The predicted octanol–water partition coefficient (Wildman–Crippen LogP) is 2.91. The molecule has 1 N–H and O–H groups in total. The van der Waals surface area contributed by atoms with Crippen LogP contribution in [-0.4, -0.2) is 31.7 Å². The zero-order chi connectivity index (χ0) is 20.0. The third-order valence-corrected chi connectivity index (χ3v) is 5.86. The molecule has 29 heavy (non-hydrogen) atoms. The van der Waals surface area contributed by atoms with Crippen LogP contribution in [0.1, 0.15) is 26.0 Å². The topological polar surface area (TPSA) is 81.9 Å². The summed E-state index contributed by atoms with van der Waals surface area (Å²) in [6.45, 7) is 4.97. The van der Waals surface area contributed by atoms with Gasteiger partial charge in [0.15, 0.2) is 0 Å². The number of rotatable bonds is 3. The molecule has 5 rings (SSSR count). The Kier molecular flexibility index (Phi) is 4.12. The van der Waals surface area contributed by atoms with E-state index >= 15 is 0 Å². The second kappa shape index (κ2) is 6.69. The summed E-state index contributed by atoms with van der Waals surface area (Å²) in [5.74, 6) is 1.49. The van der Waals surface area contributed by atoms with Gasteiger partial charge in [-0.1, -0.05) is 13.8 Å². The summed E-state index contributed by atoms with van der Waals surface area (Å²) in [5.41, 5.74) is 2.38. The van der Waals surface area contributed by atoms with Gasteiger partial charge in [-0.2, -0.15) is 0 Å². The third-order valence-electron chi connectivity index (χ3n) is 5.86. The highest BCUT2D eigenvalue weighted by Crippen LogP contribution is 2.36. The van der Waals surface area contributed by atoms with Gasteiger partial charge in [0.1, 0.15) is 11.9 Å². The van der Waals surface area contributed by atoms with E-state index in [1.807, 2.05) is 24.3 Å². The summed E-state index contributed by atoms with van der Waals surface area (Å²) < 4.78 is 7.84. The first-order valence-electron chi connectivity index (χ1n) is 9.89. The second-order valence-corrected chi connectivity index (χ2v) is 8.44. The minimum Gasteiger partial charge on any atom is -0.488 e. The summed E-state index contributed by atoms with van der Waals surface area (Å²) >= 11 is 0. The Morgan fingerprint density at radius 1 is 1.24 bits per heavy atom. The van der Waals surface area contributed by atoms with E-state index in [2.05, 4.69) is 29.1 Å². The molecule has 0 aromatic carbocycles. The Bertz CT molecular complexity index is 1080. The number of nitrogens with one attached hydrogen (secondary N) is 1. The van der Waals surface area contributed by atoms with E-state index < -0.39 is 0 Å². The van der Waals surface area contributed by atoms with Crippen molar-refractivity contribution < 1.29 is 4.74 Å². The first-order chi connectivity index (χ1) is 14.0. The first kappa shape index (κ1) is 17.8. The van der Waals surface area contributed by atoms with Gasteiger partial charge < -0.3 is 10.1 Å². The third kappa shape index (κ3) is 3.26. The smallest absolute Gasteiger partial charge is 0.255 e. The van der Waals surface area contributed by atoms with E-state index in [0.717, 1.165) is 29.8 Å². The molecule has 0 amide bonds. The van der Waals surface area contributed by atoms with Crippen molar-refractivity contribution in [3.8, 4) is 17.0 Å². The van der Waals surface area contributed by atoms with Crippen LogP contribution in [0.3, 0.4) is 0 Å². The molecule has 2 aliphatic heterocycles. The highest BCUT2D eigenvalue weighted by molar-refractivity contribution is 5.59. The Hall–Kier alpha value is -3.22. The maximum absolute atomic E-state index is 12.8. The number of aromatic nitrogens is 4. The normalized spacial score (nSPS) is 21.6. The number of hydrogen-bond donors (Lipinski definition) is 1. The van der Waals surface area contributed by atoms with Gasteiger partial charge in [-0.15, -0.1) is 0 Å². The molecule has 2 atom stereocenters. The summed E-state index contributed by atoms with van der Waals surface area (Å²) in [5, 5.41) is 3.53. The fourth-order valence-corrected chi connectivity index (χ4v) is 4.20. The molecule has 0 radical (unpaired) electrons. The lowest BCUT2D eigenvalue weighted by atomic mass is 9.79.